The van der Waals surface area contributed by atoms with Gasteiger partial charge in [-0.05, 0) is 18.6 Å². The van der Waals surface area contributed by atoms with Crippen molar-refractivity contribution < 1.29 is 13.6 Å². The molecule has 15 heavy (non-hydrogen) atoms. The number of para-hydroxylation sites is 1. The minimum atomic E-state index is -0.625. The van der Waals surface area contributed by atoms with Crippen LogP contribution in [0.1, 0.15) is 12.8 Å². The minimum Gasteiger partial charge on any atom is -0.304 e. The van der Waals surface area contributed by atoms with Gasteiger partial charge in [0.1, 0.15) is 12.5 Å². The molecule has 1 aliphatic heterocycles. The third kappa shape index (κ3) is 1.71. The van der Waals surface area contributed by atoms with Crippen LogP contribution < -0.4 is 4.90 Å². The summed E-state index contributed by atoms with van der Waals surface area (Å²) in [5.41, 5.74) is 0.183. The highest BCUT2D eigenvalue weighted by atomic mass is 19.1. The van der Waals surface area contributed by atoms with Gasteiger partial charge in [0.05, 0.1) is 11.7 Å². The fraction of sp³-hybridized carbons (Fsp3) is 0.364. The van der Waals surface area contributed by atoms with Crippen LogP contribution in [0.25, 0.3) is 0 Å². The van der Waals surface area contributed by atoms with Gasteiger partial charge in [-0.1, -0.05) is 12.1 Å². The molecule has 0 aliphatic carbocycles. The summed E-state index contributed by atoms with van der Waals surface area (Å²) in [6.07, 6.45) is 0.757. The van der Waals surface area contributed by atoms with Crippen LogP contribution in [0, 0.1) is 5.82 Å². The van der Waals surface area contributed by atoms with Gasteiger partial charge in [0.15, 0.2) is 0 Å². The molecule has 4 heteroatoms. The van der Waals surface area contributed by atoms with E-state index in [0.717, 1.165) is 0 Å². The molecule has 1 saturated heterocycles. The predicted octanol–water partition coefficient (Wildman–Crippen LogP) is 2.29. The van der Waals surface area contributed by atoms with Gasteiger partial charge in [-0.25, -0.2) is 8.78 Å². The Balaban J connectivity index is 2.36. The van der Waals surface area contributed by atoms with Crippen molar-refractivity contribution in [2.45, 2.75) is 18.9 Å². The Bertz CT molecular complexity index is 381. The van der Waals surface area contributed by atoms with Gasteiger partial charge < -0.3 is 4.90 Å². The molecule has 0 spiro atoms. The Kier molecular flexibility index (Phi) is 2.66. The molecular weight excluding hydrogens is 200 g/mol. The topological polar surface area (TPSA) is 20.3 Å². The Labute approximate surface area is 86.5 Å². The van der Waals surface area contributed by atoms with Crippen LogP contribution in [-0.4, -0.2) is 18.6 Å². The molecule has 0 N–H and O–H groups in total. The first-order valence-electron chi connectivity index (χ1n) is 4.86. The zero-order valence-corrected chi connectivity index (χ0v) is 8.12. The lowest BCUT2D eigenvalue weighted by molar-refractivity contribution is -0.117. The van der Waals surface area contributed by atoms with Crippen molar-refractivity contribution in [1.29, 1.82) is 0 Å². The van der Waals surface area contributed by atoms with E-state index in [1.807, 2.05) is 0 Å². The average molecular weight is 211 g/mol. The molecule has 0 unspecified atom stereocenters. The first-order chi connectivity index (χ1) is 7.24. The summed E-state index contributed by atoms with van der Waals surface area (Å²) in [4.78, 5) is 12.7. The Morgan fingerprint density at radius 1 is 1.40 bits per heavy atom. The molecule has 0 aromatic heterocycles. The summed E-state index contributed by atoms with van der Waals surface area (Å²) in [6.45, 7) is -0.625. The van der Waals surface area contributed by atoms with Crippen molar-refractivity contribution in [2.24, 2.45) is 0 Å². The highest BCUT2D eigenvalue weighted by Gasteiger charge is 2.33. The third-order valence-electron chi connectivity index (χ3n) is 2.62. The van der Waals surface area contributed by atoms with Gasteiger partial charge in [0.25, 0.3) is 0 Å². The Morgan fingerprint density at radius 3 is 2.80 bits per heavy atom. The van der Waals surface area contributed by atoms with Crippen LogP contribution in [0.4, 0.5) is 14.5 Å². The third-order valence-corrected chi connectivity index (χ3v) is 2.62. The second-order valence-electron chi connectivity index (χ2n) is 3.56. The number of amides is 1. The van der Waals surface area contributed by atoms with Crippen LogP contribution in [0.3, 0.4) is 0 Å². The fourth-order valence-electron chi connectivity index (χ4n) is 1.87. The number of hydrogen-bond donors (Lipinski definition) is 0. The van der Waals surface area contributed by atoms with E-state index < -0.39 is 18.5 Å². The number of benzene rings is 1. The maximum Gasteiger partial charge on any atom is 0.227 e. The standard InChI is InChI=1S/C11H11F2NO/c12-7-8-5-6-11(15)14(8)10-4-2-1-3-9(10)13/h1-4,8H,5-7H2/t8-/m0/s1. The van der Waals surface area contributed by atoms with Crippen LogP contribution in [-0.2, 0) is 4.79 Å². The van der Waals surface area contributed by atoms with Gasteiger partial charge in [-0.3, -0.25) is 4.79 Å². The number of alkyl halides is 1. The van der Waals surface area contributed by atoms with Crippen LogP contribution in [0.15, 0.2) is 24.3 Å². The highest BCUT2D eigenvalue weighted by molar-refractivity contribution is 5.96. The van der Waals surface area contributed by atoms with Crippen molar-refractivity contribution in [3.8, 4) is 0 Å². The van der Waals surface area contributed by atoms with Gasteiger partial charge in [-0.15, -0.1) is 0 Å². The molecule has 2 rings (SSSR count). The van der Waals surface area contributed by atoms with Gasteiger partial charge in [0.2, 0.25) is 5.91 Å². The van der Waals surface area contributed by atoms with E-state index in [9.17, 15) is 13.6 Å². The number of anilines is 1. The van der Waals surface area contributed by atoms with Crippen LogP contribution in [0.5, 0.6) is 0 Å². The average Bonchev–Trinajstić information content (AvgIpc) is 2.60. The molecule has 1 aromatic carbocycles. The second-order valence-corrected chi connectivity index (χ2v) is 3.56. The maximum atomic E-state index is 13.4. The quantitative estimate of drug-likeness (QED) is 0.735. The van der Waals surface area contributed by atoms with E-state index in [-0.39, 0.29) is 11.6 Å². The number of rotatable bonds is 2. The maximum absolute atomic E-state index is 13.4. The molecule has 1 aliphatic rings. The van der Waals surface area contributed by atoms with Crippen molar-refractivity contribution in [2.75, 3.05) is 11.6 Å². The number of halogens is 2. The molecule has 1 heterocycles. The first-order valence-corrected chi connectivity index (χ1v) is 4.86. The summed E-state index contributed by atoms with van der Waals surface area (Å²) in [5.74, 6) is -0.686. The van der Waals surface area contributed by atoms with Gasteiger partial charge in [-0.2, -0.15) is 0 Å². The highest BCUT2D eigenvalue weighted by Crippen LogP contribution is 2.28. The summed E-state index contributed by atoms with van der Waals surface area (Å²) < 4.78 is 26.0. The lowest BCUT2D eigenvalue weighted by Gasteiger charge is -2.22. The normalized spacial score (nSPS) is 21.1. The fourth-order valence-corrected chi connectivity index (χ4v) is 1.87. The molecular formula is C11H11F2NO. The molecule has 0 radical (unpaired) electrons. The number of hydrogen-bond acceptors (Lipinski definition) is 1. The minimum absolute atomic E-state index is 0.183. The lowest BCUT2D eigenvalue weighted by atomic mass is 10.2. The second kappa shape index (κ2) is 3.96. The molecule has 1 amide bonds. The summed E-state index contributed by atoms with van der Waals surface area (Å²) >= 11 is 0. The molecule has 1 atom stereocenters. The van der Waals surface area contributed by atoms with Crippen molar-refractivity contribution >= 4 is 11.6 Å². The van der Waals surface area contributed by atoms with E-state index in [1.165, 1.54) is 17.0 Å². The molecule has 0 saturated carbocycles. The van der Waals surface area contributed by atoms with E-state index in [2.05, 4.69) is 0 Å². The molecule has 80 valence electrons. The van der Waals surface area contributed by atoms with E-state index in [4.69, 9.17) is 0 Å². The number of carbonyl (C=O) groups is 1. The summed E-state index contributed by atoms with van der Waals surface area (Å²) in [6, 6.07) is 5.45. The van der Waals surface area contributed by atoms with Crippen LogP contribution >= 0.6 is 0 Å². The first kappa shape index (κ1) is 10.1. The monoisotopic (exact) mass is 211 g/mol. The van der Waals surface area contributed by atoms with Crippen LogP contribution in [0.2, 0.25) is 0 Å². The van der Waals surface area contributed by atoms with Gasteiger partial charge >= 0.3 is 0 Å². The lowest BCUT2D eigenvalue weighted by Crippen LogP contribution is -2.34. The molecule has 1 aromatic rings. The van der Waals surface area contributed by atoms with E-state index in [0.29, 0.717) is 12.8 Å². The number of nitrogens with zero attached hydrogens (tertiary/aromatic N) is 1. The zero-order chi connectivity index (χ0) is 10.8. The molecule has 2 nitrogen and oxygen atoms in total. The van der Waals surface area contributed by atoms with E-state index in [1.54, 1.807) is 12.1 Å². The van der Waals surface area contributed by atoms with Crippen molar-refractivity contribution in [1.82, 2.24) is 0 Å². The predicted molar refractivity (Wildman–Crippen MR) is 52.9 cm³/mol. The molecule has 0 bridgehead atoms. The van der Waals surface area contributed by atoms with Crippen molar-refractivity contribution in [3.05, 3.63) is 30.1 Å². The van der Waals surface area contributed by atoms with E-state index >= 15 is 0 Å². The Morgan fingerprint density at radius 2 is 2.13 bits per heavy atom. The van der Waals surface area contributed by atoms with Crippen molar-refractivity contribution in [3.63, 3.8) is 0 Å². The molecule has 1 fully saturated rings. The SMILES string of the molecule is O=C1CC[C@@H](CF)N1c1ccccc1F. The summed E-state index contributed by atoms with van der Waals surface area (Å²) in [7, 11) is 0. The van der Waals surface area contributed by atoms with Gasteiger partial charge in [0, 0.05) is 6.42 Å². The smallest absolute Gasteiger partial charge is 0.227 e. The largest absolute Gasteiger partial charge is 0.304 e. The number of carbonyl (C=O) groups excluding carboxylic acids is 1. The summed E-state index contributed by atoms with van der Waals surface area (Å²) in [5, 5.41) is 0. The Hall–Kier alpha value is -1.45. The zero-order valence-electron chi connectivity index (χ0n) is 8.12.